The Labute approximate surface area is 165 Å². The Hall–Kier alpha value is -3.27. The smallest absolute Gasteiger partial charge is 0.287 e. The van der Waals surface area contributed by atoms with Crippen molar-refractivity contribution in [3.8, 4) is 5.75 Å². The van der Waals surface area contributed by atoms with Crippen LogP contribution >= 0.6 is 11.8 Å². The number of nitrogens with zero attached hydrogens (tertiary/aromatic N) is 3. The Kier molecular flexibility index (Phi) is 6.33. The maximum atomic E-state index is 12.1. The zero-order valence-corrected chi connectivity index (χ0v) is 15.9. The van der Waals surface area contributed by atoms with E-state index in [1.165, 1.54) is 30.2 Å². The number of nitrogens with one attached hydrogen (secondary N) is 2. The van der Waals surface area contributed by atoms with E-state index in [2.05, 4.69) is 20.8 Å². The van der Waals surface area contributed by atoms with Gasteiger partial charge in [0.2, 0.25) is 5.91 Å². The van der Waals surface area contributed by atoms with Gasteiger partial charge < -0.3 is 24.7 Å². The van der Waals surface area contributed by atoms with Crippen molar-refractivity contribution < 1.29 is 19.1 Å². The van der Waals surface area contributed by atoms with E-state index in [1.54, 1.807) is 24.3 Å². The minimum absolute atomic E-state index is 0.0809. The molecule has 0 aliphatic rings. The largest absolute Gasteiger partial charge is 0.508 e. The van der Waals surface area contributed by atoms with Crippen molar-refractivity contribution >= 4 is 29.3 Å². The van der Waals surface area contributed by atoms with Crippen molar-refractivity contribution in [1.82, 2.24) is 20.1 Å². The maximum Gasteiger partial charge on any atom is 0.287 e. The van der Waals surface area contributed by atoms with Gasteiger partial charge in [-0.3, -0.25) is 9.59 Å². The second-order valence-corrected chi connectivity index (χ2v) is 6.63. The monoisotopic (exact) mass is 401 g/mol. The molecule has 1 aromatic carbocycles. The highest BCUT2D eigenvalue weighted by Gasteiger charge is 2.15. The first-order valence-corrected chi connectivity index (χ1v) is 9.51. The van der Waals surface area contributed by atoms with Crippen LogP contribution in [0.5, 0.6) is 5.75 Å². The minimum Gasteiger partial charge on any atom is -0.508 e. The predicted octanol–water partition coefficient (Wildman–Crippen LogP) is 2.26. The average molecular weight is 401 g/mol. The van der Waals surface area contributed by atoms with E-state index in [9.17, 15) is 14.7 Å². The predicted molar refractivity (Wildman–Crippen MR) is 103 cm³/mol. The van der Waals surface area contributed by atoms with E-state index < -0.39 is 0 Å². The fraction of sp³-hybridized carbons (Fsp3) is 0.222. The molecule has 0 saturated heterocycles. The molecule has 10 heteroatoms. The number of furan rings is 1. The highest BCUT2D eigenvalue weighted by Crippen LogP contribution is 2.19. The average Bonchev–Trinajstić information content (AvgIpc) is 3.34. The third-order valence-corrected chi connectivity index (χ3v) is 4.69. The number of amides is 2. The van der Waals surface area contributed by atoms with Crippen molar-refractivity contribution in [2.24, 2.45) is 0 Å². The third kappa shape index (κ3) is 4.92. The number of carbonyl (C=O) groups excluding carboxylic acids is 2. The van der Waals surface area contributed by atoms with Gasteiger partial charge in [-0.2, -0.15) is 0 Å². The molecule has 0 spiro atoms. The first-order chi connectivity index (χ1) is 13.6. The number of aromatic hydroxyl groups is 1. The first kappa shape index (κ1) is 19.5. The van der Waals surface area contributed by atoms with Crippen LogP contribution in [-0.2, 0) is 17.9 Å². The molecule has 2 heterocycles. The lowest BCUT2D eigenvalue weighted by molar-refractivity contribution is -0.113. The van der Waals surface area contributed by atoms with Crippen LogP contribution in [-0.4, -0.2) is 37.4 Å². The molecule has 0 aliphatic heterocycles. The van der Waals surface area contributed by atoms with Gasteiger partial charge in [-0.25, -0.2) is 0 Å². The molecule has 0 radical (unpaired) electrons. The number of benzene rings is 1. The van der Waals surface area contributed by atoms with Gasteiger partial charge in [-0.1, -0.05) is 17.8 Å². The Morgan fingerprint density at radius 3 is 2.82 bits per heavy atom. The summed E-state index contributed by atoms with van der Waals surface area (Å²) in [4.78, 5) is 24.1. The standard InChI is InChI=1S/C18H19N5O4S/c1-2-23-15(10-19-17(26)14-7-4-8-27-14)21-22-18(23)28-11-16(25)20-12-5-3-6-13(24)9-12/h3-9,24H,2,10-11H2,1H3,(H,19,26)(H,20,25). The number of hydrogen-bond donors (Lipinski definition) is 3. The quantitative estimate of drug-likeness (QED) is 0.495. The molecule has 0 atom stereocenters. The molecule has 2 amide bonds. The topological polar surface area (TPSA) is 122 Å². The van der Waals surface area contributed by atoms with Crippen LogP contribution in [0.1, 0.15) is 23.3 Å². The normalized spacial score (nSPS) is 10.6. The van der Waals surface area contributed by atoms with E-state index in [0.29, 0.717) is 23.2 Å². The summed E-state index contributed by atoms with van der Waals surface area (Å²) < 4.78 is 6.88. The van der Waals surface area contributed by atoms with Gasteiger partial charge in [0, 0.05) is 18.3 Å². The van der Waals surface area contributed by atoms with Crippen LogP contribution in [0.2, 0.25) is 0 Å². The van der Waals surface area contributed by atoms with E-state index in [1.807, 2.05) is 11.5 Å². The van der Waals surface area contributed by atoms with Crippen molar-refractivity contribution in [3.63, 3.8) is 0 Å². The molecule has 2 aromatic heterocycles. The summed E-state index contributed by atoms with van der Waals surface area (Å²) in [7, 11) is 0. The summed E-state index contributed by atoms with van der Waals surface area (Å²) >= 11 is 1.24. The van der Waals surface area contributed by atoms with Crippen LogP contribution in [0, 0.1) is 0 Å². The highest BCUT2D eigenvalue weighted by atomic mass is 32.2. The molecule has 0 fully saturated rings. The van der Waals surface area contributed by atoms with Crippen LogP contribution in [0.25, 0.3) is 0 Å². The lowest BCUT2D eigenvalue weighted by Gasteiger charge is -2.08. The summed E-state index contributed by atoms with van der Waals surface area (Å²) in [6, 6.07) is 9.55. The number of phenols is 1. The number of hydrogen-bond acceptors (Lipinski definition) is 7. The fourth-order valence-corrected chi connectivity index (χ4v) is 3.26. The lowest BCUT2D eigenvalue weighted by Crippen LogP contribution is -2.24. The zero-order chi connectivity index (χ0) is 19.9. The second-order valence-electron chi connectivity index (χ2n) is 5.69. The number of aromatic nitrogens is 3. The second kappa shape index (κ2) is 9.09. The van der Waals surface area contributed by atoms with E-state index >= 15 is 0 Å². The van der Waals surface area contributed by atoms with Gasteiger partial charge in [0.25, 0.3) is 5.91 Å². The van der Waals surface area contributed by atoms with Gasteiger partial charge in [0.05, 0.1) is 18.6 Å². The van der Waals surface area contributed by atoms with Crippen LogP contribution in [0.4, 0.5) is 5.69 Å². The minimum atomic E-state index is -0.338. The third-order valence-electron chi connectivity index (χ3n) is 3.72. The van der Waals surface area contributed by atoms with Gasteiger partial charge in [0.15, 0.2) is 16.7 Å². The molecule has 0 unspecified atom stereocenters. The Morgan fingerprint density at radius 1 is 1.25 bits per heavy atom. The molecular formula is C18H19N5O4S. The van der Waals surface area contributed by atoms with Crippen molar-refractivity contribution in [2.45, 2.75) is 25.2 Å². The van der Waals surface area contributed by atoms with Gasteiger partial charge in [-0.05, 0) is 31.2 Å². The molecule has 146 valence electrons. The molecule has 0 saturated carbocycles. The van der Waals surface area contributed by atoms with Gasteiger partial charge in [0.1, 0.15) is 5.75 Å². The Bertz CT molecular complexity index is 955. The Balaban J connectivity index is 1.55. The molecule has 0 aliphatic carbocycles. The molecular weight excluding hydrogens is 382 g/mol. The molecule has 28 heavy (non-hydrogen) atoms. The summed E-state index contributed by atoms with van der Waals surface area (Å²) in [6.07, 6.45) is 1.43. The van der Waals surface area contributed by atoms with Crippen molar-refractivity contribution in [3.05, 3.63) is 54.2 Å². The van der Waals surface area contributed by atoms with Crippen LogP contribution in [0.3, 0.4) is 0 Å². The maximum absolute atomic E-state index is 12.1. The zero-order valence-electron chi connectivity index (χ0n) is 15.1. The summed E-state index contributed by atoms with van der Waals surface area (Å²) in [5.74, 6) is 0.452. The van der Waals surface area contributed by atoms with Crippen LogP contribution < -0.4 is 10.6 Å². The number of rotatable bonds is 8. The molecule has 3 N–H and O–H groups in total. The molecule has 0 bridgehead atoms. The Morgan fingerprint density at radius 2 is 2.11 bits per heavy atom. The summed E-state index contributed by atoms with van der Waals surface area (Å²) in [5.41, 5.74) is 0.517. The number of thioether (sulfide) groups is 1. The first-order valence-electron chi connectivity index (χ1n) is 8.52. The van der Waals surface area contributed by atoms with E-state index in [-0.39, 0.29) is 35.6 Å². The lowest BCUT2D eigenvalue weighted by atomic mass is 10.3. The summed E-state index contributed by atoms with van der Waals surface area (Å²) in [5, 5.41) is 23.7. The number of phenolic OH excluding ortho intramolecular Hbond substituents is 1. The van der Waals surface area contributed by atoms with Gasteiger partial charge >= 0.3 is 0 Å². The number of carbonyl (C=O) groups is 2. The molecule has 3 rings (SSSR count). The summed E-state index contributed by atoms with van der Waals surface area (Å²) in [6.45, 7) is 2.71. The van der Waals surface area contributed by atoms with Gasteiger partial charge in [-0.15, -0.1) is 10.2 Å². The van der Waals surface area contributed by atoms with Crippen molar-refractivity contribution in [2.75, 3.05) is 11.1 Å². The molecule has 3 aromatic rings. The highest BCUT2D eigenvalue weighted by molar-refractivity contribution is 7.99. The fourth-order valence-electron chi connectivity index (χ4n) is 2.44. The van der Waals surface area contributed by atoms with Crippen LogP contribution in [0.15, 0.2) is 52.2 Å². The SMILES string of the molecule is CCn1c(CNC(=O)c2ccco2)nnc1SCC(=O)Nc1cccc(O)c1. The van der Waals surface area contributed by atoms with E-state index in [4.69, 9.17) is 4.42 Å². The number of anilines is 1. The van der Waals surface area contributed by atoms with E-state index in [0.717, 1.165) is 0 Å². The molecule has 9 nitrogen and oxygen atoms in total. The van der Waals surface area contributed by atoms with Crippen molar-refractivity contribution in [1.29, 1.82) is 0 Å².